The molecule has 0 bridgehead atoms. The fourth-order valence-electron chi connectivity index (χ4n) is 3.49. The van der Waals surface area contributed by atoms with Crippen LogP contribution in [0.1, 0.15) is 55.8 Å². The van der Waals surface area contributed by atoms with Gasteiger partial charge in [-0.25, -0.2) is 0 Å². The molecule has 1 aliphatic rings. The van der Waals surface area contributed by atoms with Crippen LogP contribution in [0.2, 0.25) is 0 Å². The molecule has 3 N–H and O–H groups in total. The molecule has 1 fully saturated rings. The van der Waals surface area contributed by atoms with Gasteiger partial charge in [0, 0.05) is 35.8 Å². The molecule has 0 aliphatic heterocycles. The Bertz CT molecular complexity index is 791. The Hall–Kier alpha value is -2.50. The molecule has 3 rings (SSSR count). The molecular weight excluding hydrogens is 330 g/mol. The molecule has 1 aliphatic carbocycles. The number of aromatic amines is 1. The predicted octanol–water partition coefficient (Wildman–Crippen LogP) is 3.63. The van der Waals surface area contributed by atoms with E-state index in [0.29, 0.717) is 18.2 Å². The molecule has 1 aromatic carbocycles. The molecule has 6 heteroatoms. The summed E-state index contributed by atoms with van der Waals surface area (Å²) in [4.78, 5) is 27.8. The average molecular weight is 357 g/mol. The summed E-state index contributed by atoms with van der Waals surface area (Å²) in [5.74, 6) is -0.331. The molecule has 0 spiro atoms. The third-order valence-electron chi connectivity index (χ3n) is 4.98. The van der Waals surface area contributed by atoms with Crippen LogP contribution in [0.15, 0.2) is 18.3 Å². The number of ether oxygens (including phenoxy) is 1. The first-order valence-corrected chi connectivity index (χ1v) is 9.42. The second kappa shape index (κ2) is 8.25. The Morgan fingerprint density at radius 1 is 1.27 bits per heavy atom. The molecule has 2 aromatic rings. The van der Waals surface area contributed by atoms with Gasteiger partial charge < -0.3 is 20.4 Å². The van der Waals surface area contributed by atoms with E-state index in [1.54, 1.807) is 13.3 Å². The van der Waals surface area contributed by atoms with E-state index in [0.717, 1.165) is 48.0 Å². The number of aromatic nitrogens is 1. The first-order chi connectivity index (χ1) is 12.6. The number of Topliss-reactive ketones (excluding diaryl/α,β-unsaturated/α-hetero) is 1. The predicted molar refractivity (Wildman–Crippen MR) is 103 cm³/mol. The molecule has 0 atom stereocenters. The zero-order valence-corrected chi connectivity index (χ0v) is 15.5. The minimum Gasteiger partial charge on any atom is -0.495 e. The van der Waals surface area contributed by atoms with E-state index >= 15 is 0 Å². The van der Waals surface area contributed by atoms with Crippen molar-refractivity contribution in [1.29, 1.82) is 0 Å². The molecule has 1 saturated carbocycles. The first kappa shape index (κ1) is 18.3. The maximum atomic E-state index is 12.5. The highest BCUT2D eigenvalue weighted by Gasteiger charge is 2.22. The van der Waals surface area contributed by atoms with Gasteiger partial charge in [0.2, 0.25) is 0 Å². The SMILES string of the molecule is CCCCNC(=O)C(=O)c1c[nH]c2cc(OC)c(NC3CCCC3)cc12. The van der Waals surface area contributed by atoms with Gasteiger partial charge in [0.25, 0.3) is 11.7 Å². The van der Waals surface area contributed by atoms with Crippen LogP contribution in [0, 0.1) is 0 Å². The number of nitrogens with one attached hydrogen (secondary N) is 3. The van der Waals surface area contributed by atoms with Gasteiger partial charge >= 0.3 is 0 Å². The van der Waals surface area contributed by atoms with Crippen molar-refractivity contribution in [1.82, 2.24) is 10.3 Å². The number of carbonyl (C=O) groups is 2. The van der Waals surface area contributed by atoms with Gasteiger partial charge in [0.1, 0.15) is 5.75 Å². The van der Waals surface area contributed by atoms with E-state index in [9.17, 15) is 9.59 Å². The number of fused-ring (bicyclic) bond motifs is 1. The number of hydrogen-bond acceptors (Lipinski definition) is 4. The zero-order chi connectivity index (χ0) is 18.5. The number of methoxy groups -OCH3 is 1. The molecule has 140 valence electrons. The van der Waals surface area contributed by atoms with Crippen LogP contribution in [0.5, 0.6) is 5.75 Å². The lowest BCUT2D eigenvalue weighted by Crippen LogP contribution is -2.31. The van der Waals surface area contributed by atoms with Crippen molar-refractivity contribution in [3.05, 3.63) is 23.9 Å². The molecule has 1 aromatic heterocycles. The number of H-pyrrole nitrogens is 1. The van der Waals surface area contributed by atoms with E-state index in [1.165, 1.54) is 12.8 Å². The topological polar surface area (TPSA) is 83.2 Å². The molecule has 0 radical (unpaired) electrons. The second-order valence-electron chi connectivity index (χ2n) is 6.86. The van der Waals surface area contributed by atoms with Gasteiger partial charge in [0.15, 0.2) is 0 Å². The van der Waals surface area contributed by atoms with Crippen LogP contribution in [-0.4, -0.2) is 36.4 Å². The average Bonchev–Trinajstić information content (AvgIpc) is 3.30. The molecule has 26 heavy (non-hydrogen) atoms. The minimum atomic E-state index is -0.555. The van der Waals surface area contributed by atoms with Crippen LogP contribution in [0.4, 0.5) is 5.69 Å². The van der Waals surface area contributed by atoms with Crippen molar-refractivity contribution in [3.8, 4) is 5.75 Å². The van der Waals surface area contributed by atoms with Crippen molar-refractivity contribution in [3.63, 3.8) is 0 Å². The van der Waals surface area contributed by atoms with E-state index < -0.39 is 11.7 Å². The van der Waals surface area contributed by atoms with Gasteiger partial charge in [-0.05, 0) is 25.3 Å². The van der Waals surface area contributed by atoms with Crippen molar-refractivity contribution in [2.45, 2.75) is 51.5 Å². The molecule has 0 saturated heterocycles. The molecular formula is C20H27N3O3. The molecule has 1 amide bonds. The Balaban J connectivity index is 1.87. The van der Waals surface area contributed by atoms with Crippen LogP contribution >= 0.6 is 0 Å². The van der Waals surface area contributed by atoms with Crippen molar-refractivity contribution < 1.29 is 14.3 Å². The number of rotatable bonds is 8. The Kier molecular flexibility index (Phi) is 5.81. The maximum Gasteiger partial charge on any atom is 0.292 e. The lowest BCUT2D eigenvalue weighted by molar-refractivity contribution is -0.117. The highest BCUT2D eigenvalue weighted by atomic mass is 16.5. The number of ketones is 1. The lowest BCUT2D eigenvalue weighted by atomic mass is 10.1. The maximum absolute atomic E-state index is 12.5. The normalized spacial score (nSPS) is 14.5. The Morgan fingerprint density at radius 2 is 2.04 bits per heavy atom. The van der Waals surface area contributed by atoms with E-state index in [4.69, 9.17) is 4.74 Å². The number of unbranched alkanes of at least 4 members (excludes halogenated alkanes) is 1. The van der Waals surface area contributed by atoms with Gasteiger partial charge in [-0.1, -0.05) is 26.2 Å². The molecule has 0 unspecified atom stereocenters. The minimum absolute atomic E-state index is 0.395. The Labute approximate surface area is 153 Å². The zero-order valence-electron chi connectivity index (χ0n) is 15.5. The highest BCUT2D eigenvalue weighted by molar-refractivity contribution is 6.45. The largest absolute Gasteiger partial charge is 0.495 e. The van der Waals surface area contributed by atoms with E-state index in [-0.39, 0.29) is 0 Å². The number of carbonyl (C=O) groups excluding carboxylic acids is 2. The quantitative estimate of drug-likeness (QED) is 0.383. The number of anilines is 1. The number of amides is 1. The summed E-state index contributed by atoms with van der Waals surface area (Å²) in [7, 11) is 1.64. The van der Waals surface area contributed by atoms with Crippen molar-refractivity contribution in [2.75, 3.05) is 19.0 Å². The third-order valence-corrected chi connectivity index (χ3v) is 4.98. The van der Waals surface area contributed by atoms with Crippen LogP contribution in [0.25, 0.3) is 10.9 Å². The molecule has 6 nitrogen and oxygen atoms in total. The van der Waals surface area contributed by atoms with Crippen LogP contribution in [0.3, 0.4) is 0 Å². The van der Waals surface area contributed by atoms with Crippen LogP contribution in [-0.2, 0) is 4.79 Å². The summed E-state index contributed by atoms with van der Waals surface area (Å²) in [6.07, 6.45) is 8.17. The summed E-state index contributed by atoms with van der Waals surface area (Å²) in [6, 6.07) is 4.21. The summed E-state index contributed by atoms with van der Waals surface area (Å²) in [5, 5.41) is 6.96. The van der Waals surface area contributed by atoms with Gasteiger partial charge in [-0.3, -0.25) is 9.59 Å². The summed E-state index contributed by atoms with van der Waals surface area (Å²) in [5.41, 5.74) is 2.04. The van der Waals surface area contributed by atoms with Crippen molar-refractivity contribution >= 4 is 28.3 Å². The monoisotopic (exact) mass is 357 g/mol. The van der Waals surface area contributed by atoms with Gasteiger partial charge in [0.05, 0.1) is 18.4 Å². The summed E-state index contributed by atoms with van der Waals surface area (Å²) in [6.45, 7) is 2.56. The fraction of sp³-hybridized carbons (Fsp3) is 0.500. The molecule has 1 heterocycles. The summed E-state index contributed by atoms with van der Waals surface area (Å²) >= 11 is 0. The third kappa shape index (κ3) is 3.84. The first-order valence-electron chi connectivity index (χ1n) is 9.42. The van der Waals surface area contributed by atoms with Crippen LogP contribution < -0.4 is 15.4 Å². The van der Waals surface area contributed by atoms with Crippen molar-refractivity contribution in [2.24, 2.45) is 0 Å². The van der Waals surface area contributed by atoms with Gasteiger partial charge in [-0.2, -0.15) is 0 Å². The highest BCUT2D eigenvalue weighted by Crippen LogP contribution is 2.34. The smallest absolute Gasteiger partial charge is 0.292 e. The summed E-state index contributed by atoms with van der Waals surface area (Å²) < 4.78 is 5.50. The van der Waals surface area contributed by atoms with E-state index in [2.05, 4.69) is 15.6 Å². The van der Waals surface area contributed by atoms with Gasteiger partial charge in [-0.15, -0.1) is 0 Å². The number of hydrogen-bond donors (Lipinski definition) is 3. The fourth-order valence-corrected chi connectivity index (χ4v) is 3.49. The lowest BCUT2D eigenvalue weighted by Gasteiger charge is -2.17. The Morgan fingerprint density at radius 3 is 2.73 bits per heavy atom. The second-order valence-corrected chi connectivity index (χ2v) is 6.86. The van der Waals surface area contributed by atoms with E-state index in [1.807, 2.05) is 19.1 Å². The standard InChI is InChI=1S/C20H27N3O3/c1-3-4-9-21-20(25)19(24)15-12-22-16-11-18(26-2)17(10-14(15)16)23-13-7-5-6-8-13/h10-13,22-23H,3-9H2,1-2H3,(H,21,25). The number of benzene rings is 1.